The number of hydrogen-bond acceptors (Lipinski definition) is 3. The van der Waals surface area contributed by atoms with Crippen molar-refractivity contribution in [2.75, 3.05) is 13.1 Å². The van der Waals surface area contributed by atoms with Crippen LogP contribution in [0.15, 0.2) is 5.16 Å². The molecule has 0 amide bonds. The highest BCUT2D eigenvalue weighted by molar-refractivity contribution is 5.85. The van der Waals surface area contributed by atoms with Gasteiger partial charge in [-0.1, -0.05) is 38.3 Å². The van der Waals surface area contributed by atoms with Gasteiger partial charge in [-0.25, -0.2) is 0 Å². The van der Waals surface area contributed by atoms with Crippen LogP contribution in [0, 0.1) is 11.3 Å². The van der Waals surface area contributed by atoms with Crippen molar-refractivity contribution in [3.8, 4) is 0 Å². The van der Waals surface area contributed by atoms with Crippen molar-refractivity contribution in [2.45, 2.75) is 77.7 Å². The summed E-state index contributed by atoms with van der Waals surface area (Å²) in [5.41, 5.74) is 5.56. The molecule has 2 fully saturated rings. The van der Waals surface area contributed by atoms with Crippen molar-refractivity contribution < 1.29 is 5.21 Å². The normalized spacial score (nSPS) is 25.8. The molecule has 0 aromatic heterocycles. The Balaban J connectivity index is 1.70. The highest BCUT2D eigenvalue weighted by atomic mass is 16.4. The van der Waals surface area contributed by atoms with E-state index in [2.05, 4.69) is 23.9 Å². The number of hydrogen-bond donors (Lipinski definition) is 2. The fourth-order valence-corrected chi connectivity index (χ4v) is 4.15. The lowest BCUT2D eigenvalue weighted by Crippen LogP contribution is -2.35. The molecule has 2 rings (SSSR count). The van der Waals surface area contributed by atoms with E-state index in [4.69, 9.17) is 10.9 Å². The SMILES string of the molecule is CC(C)(CCCCN1CCCC1C1CCCC1)C(N)=NO. The van der Waals surface area contributed by atoms with Crippen LogP contribution in [-0.2, 0) is 0 Å². The molecule has 0 aromatic carbocycles. The van der Waals surface area contributed by atoms with Crippen molar-refractivity contribution in [2.24, 2.45) is 22.2 Å². The van der Waals surface area contributed by atoms with Crippen molar-refractivity contribution >= 4 is 5.84 Å². The molecule has 4 heteroatoms. The second kappa shape index (κ2) is 7.48. The molecule has 1 aliphatic carbocycles. The second-order valence-corrected chi connectivity index (χ2v) is 7.62. The number of nitrogens with two attached hydrogens (primary N) is 1. The van der Waals surface area contributed by atoms with Gasteiger partial charge in [0.2, 0.25) is 0 Å². The Hall–Kier alpha value is -0.770. The zero-order valence-corrected chi connectivity index (χ0v) is 13.9. The van der Waals surface area contributed by atoms with Gasteiger partial charge in [0.25, 0.3) is 0 Å². The molecule has 1 atom stereocenters. The average molecular weight is 295 g/mol. The second-order valence-electron chi connectivity index (χ2n) is 7.62. The summed E-state index contributed by atoms with van der Waals surface area (Å²) in [6, 6.07) is 0.865. The predicted molar refractivity (Wildman–Crippen MR) is 87.6 cm³/mol. The molecule has 1 saturated carbocycles. The number of rotatable bonds is 7. The Morgan fingerprint density at radius 1 is 1.19 bits per heavy atom. The molecule has 2 aliphatic rings. The van der Waals surface area contributed by atoms with Gasteiger partial charge in [-0.2, -0.15) is 0 Å². The zero-order valence-electron chi connectivity index (χ0n) is 13.9. The molecule has 1 aliphatic heterocycles. The van der Waals surface area contributed by atoms with Crippen LogP contribution < -0.4 is 5.73 Å². The third kappa shape index (κ3) is 4.35. The predicted octanol–water partition coefficient (Wildman–Crippen LogP) is 3.58. The monoisotopic (exact) mass is 295 g/mol. The maximum atomic E-state index is 8.81. The first-order valence-electron chi connectivity index (χ1n) is 8.76. The molecule has 0 radical (unpaired) electrons. The molecule has 0 bridgehead atoms. The summed E-state index contributed by atoms with van der Waals surface area (Å²) in [5.74, 6) is 1.33. The fraction of sp³-hybridized carbons (Fsp3) is 0.941. The van der Waals surface area contributed by atoms with Crippen LogP contribution >= 0.6 is 0 Å². The average Bonchev–Trinajstić information content (AvgIpc) is 3.12. The first-order chi connectivity index (χ1) is 10.0. The van der Waals surface area contributed by atoms with Gasteiger partial charge < -0.3 is 15.8 Å². The summed E-state index contributed by atoms with van der Waals surface area (Å²) >= 11 is 0. The molecule has 122 valence electrons. The summed E-state index contributed by atoms with van der Waals surface area (Å²) in [5, 5.41) is 12.0. The molecule has 4 nitrogen and oxygen atoms in total. The van der Waals surface area contributed by atoms with Crippen molar-refractivity contribution in [1.82, 2.24) is 4.90 Å². The van der Waals surface area contributed by atoms with Gasteiger partial charge in [-0.3, -0.25) is 0 Å². The molecule has 1 heterocycles. The summed E-state index contributed by atoms with van der Waals surface area (Å²) in [6.07, 6.45) is 12.0. The standard InChI is InChI=1S/C17H33N3O/c1-17(2,16(18)19-21)11-5-6-12-20-13-7-10-15(20)14-8-3-4-9-14/h14-15,21H,3-13H2,1-2H3,(H2,18,19). The van der Waals surface area contributed by atoms with E-state index in [1.807, 2.05) is 0 Å². The van der Waals surface area contributed by atoms with E-state index in [-0.39, 0.29) is 5.41 Å². The quantitative estimate of drug-likeness (QED) is 0.248. The van der Waals surface area contributed by atoms with Gasteiger partial charge in [0.05, 0.1) is 0 Å². The minimum atomic E-state index is -0.190. The smallest absolute Gasteiger partial charge is 0.144 e. The number of amidine groups is 1. The summed E-state index contributed by atoms with van der Waals surface area (Å²) in [7, 11) is 0. The number of likely N-dealkylation sites (tertiary alicyclic amines) is 1. The first-order valence-corrected chi connectivity index (χ1v) is 8.76. The van der Waals surface area contributed by atoms with Crippen molar-refractivity contribution in [3.63, 3.8) is 0 Å². The lowest BCUT2D eigenvalue weighted by molar-refractivity contribution is 0.185. The summed E-state index contributed by atoms with van der Waals surface area (Å²) < 4.78 is 0. The Morgan fingerprint density at radius 2 is 1.90 bits per heavy atom. The number of nitrogens with zero attached hydrogens (tertiary/aromatic N) is 2. The van der Waals surface area contributed by atoms with Crippen LogP contribution in [0.3, 0.4) is 0 Å². The maximum absolute atomic E-state index is 8.81. The number of unbranched alkanes of at least 4 members (excludes halogenated alkanes) is 1. The Bertz CT molecular complexity index is 348. The van der Waals surface area contributed by atoms with Gasteiger partial charge in [0, 0.05) is 11.5 Å². The van der Waals surface area contributed by atoms with Crippen molar-refractivity contribution in [1.29, 1.82) is 0 Å². The third-order valence-corrected chi connectivity index (χ3v) is 5.66. The van der Waals surface area contributed by atoms with Crippen molar-refractivity contribution in [3.05, 3.63) is 0 Å². The highest BCUT2D eigenvalue weighted by Crippen LogP contribution is 2.35. The fourth-order valence-electron chi connectivity index (χ4n) is 4.15. The van der Waals surface area contributed by atoms with Gasteiger partial charge in [0.1, 0.15) is 5.84 Å². The van der Waals surface area contributed by atoms with Crippen LogP contribution in [0.5, 0.6) is 0 Å². The Kier molecular flexibility index (Phi) is 5.91. The lowest BCUT2D eigenvalue weighted by Gasteiger charge is -2.30. The highest BCUT2D eigenvalue weighted by Gasteiger charge is 2.32. The minimum Gasteiger partial charge on any atom is -0.409 e. The first kappa shape index (κ1) is 16.6. The third-order valence-electron chi connectivity index (χ3n) is 5.66. The molecule has 21 heavy (non-hydrogen) atoms. The molecule has 1 unspecified atom stereocenters. The van der Waals surface area contributed by atoms with Gasteiger partial charge in [-0.15, -0.1) is 0 Å². The molecule has 0 aromatic rings. The van der Waals surface area contributed by atoms with E-state index >= 15 is 0 Å². The molecule has 1 saturated heterocycles. The lowest BCUT2D eigenvalue weighted by atomic mass is 9.86. The minimum absolute atomic E-state index is 0.190. The van der Waals surface area contributed by atoms with Gasteiger partial charge >= 0.3 is 0 Å². The van der Waals surface area contributed by atoms with Gasteiger partial charge in [0.15, 0.2) is 0 Å². The Morgan fingerprint density at radius 3 is 2.57 bits per heavy atom. The topological polar surface area (TPSA) is 61.8 Å². The molecule has 0 spiro atoms. The van der Waals surface area contributed by atoms with Crippen LogP contribution in [-0.4, -0.2) is 35.1 Å². The van der Waals surface area contributed by atoms with E-state index in [1.54, 1.807) is 0 Å². The van der Waals surface area contributed by atoms with E-state index in [0.29, 0.717) is 5.84 Å². The zero-order chi connectivity index (χ0) is 15.3. The van der Waals surface area contributed by atoms with Crippen LogP contribution in [0.25, 0.3) is 0 Å². The van der Waals surface area contributed by atoms with E-state index in [1.165, 1.54) is 58.0 Å². The van der Waals surface area contributed by atoms with E-state index in [9.17, 15) is 0 Å². The van der Waals surface area contributed by atoms with E-state index in [0.717, 1.165) is 24.8 Å². The molecule has 3 N–H and O–H groups in total. The number of oxime groups is 1. The largest absolute Gasteiger partial charge is 0.409 e. The molecular weight excluding hydrogens is 262 g/mol. The van der Waals surface area contributed by atoms with Crippen LogP contribution in [0.2, 0.25) is 0 Å². The summed E-state index contributed by atoms with van der Waals surface area (Å²) in [4.78, 5) is 2.74. The van der Waals surface area contributed by atoms with Crippen LogP contribution in [0.4, 0.5) is 0 Å². The maximum Gasteiger partial charge on any atom is 0.144 e. The van der Waals surface area contributed by atoms with E-state index < -0.39 is 0 Å². The Labute approximate surface area is 129 Å². The summed E-state index contributed by atoms with van der Waals surface area (Å²) in [6.45, 7) is 6.64. The van der Waals surface area contributed by atoms with Gasteiger partial charge in [-0.05, 0) is 57.5 Å². The molecular formula is C17H33N3O. The van der Waals surface area contributed by atoms with Crippen LogP contribution in [0.1, 0.15) is 71.6 Å².